The fraction of sp³-hybridized carbons (Fsp3) is 0.136. The summed E-state index contributed by atoms with van der Waals surface area (Å²) < 4.78 is 0. The lowest BCUT2D eigenvalue weighted by Crippen LogP contribution is -2.11. The molecule has 2 aromatic heterocycles. The van der Waals surface area contributed by atoms with Gasteiger partial charge in [0.05, 0.1) is 11.2 Å². The van der Waals surface area contributed by atoms with Gasteiger partial charge in [0, 0.05) is 27.6 Å². The summed E-state index contributed by atoms with van der Waals surface area (Å²) in [5.41, 5.74) is 5.53. The topological polar surface area (TPSA) is 54.9 Å². The summed E-state index contributed by atoms with van der Waals surface area (Å²) in [7, 11) is 0. The molecule has 1 amide bonds. The number of aromatic nitrogens is 2. The van der Waals surface area contributed by atoms with Crippen molar-refractivity contribution in [3.05, 3.63) is 76.8 Å². The molecule has 0 aliphatic heterocycles. The zero-order valence-electron chi connectivity index (χ0n) is 15.2. The van der Waals surface area contributed by atoms with Gasteiger partial charge in [0.25, 0.3) is 5.91 Å². The molecule has 0 unspecified atom stereocenters. The predicted octanol–water partition coefficient (Wildman–Crippen LogP) is 5.48. The predicted molar refractivity (Wildman–Crippen MR) is 111 cm³/mol. The van der Waals surface area contributed by atoms with Crippen LogP contribution in [0, 0.1) is 6.92 Å². The van der Waals surface area contributed by atoms with Crippen molar-refractivity contribution in [2.45, 2.75) is 20.3 Å². The Morgan fingerprint density at radius 1 is 1.04 bits per heavy atom. The van der Waals surface area contributed by atoms with E-state index >= 15 is 0 Å². The summed E-state index contributed by atoms with van der Waals surface area (Å²) in [6, 6.07) is 17.9. The zero-order valence-corrected chi connectivity index (χ0v) is 16.0. The van der Waals surface area contributed by atoms with Crippen LogP contribution in [-0.2, 0) is 6.42 Å². The van der Waals surface area contributed by atoms with Gasteiger partial charge in [-0.2, -0.15) is 0 Å². The number of fused-ring (bicyclic) bond motifs is 1. The molecule has 0 radical (unpaired) electrons. The van der Waals surface area contributed by atoms with Crippen LogP contribution in [-0.4, -0.2) is 15.9 Å². The smallest absolute Gasteiger partial charge is 0.257 e. The minimum Gasteiger partial charge on any atom is -0.298 e. The Kier molecular flexibility index (Phi) is 4.69. The van der Waals surface area contributed by atoms with E-state index in [-0.39, 0.29) is 5.91 Å². The molecule has 0 atom stereocenters. The van der Waals surface area contributed by atoms with Gasteiger partial charge in [0.1, 0.15) is 0 Å². The van der Waals surface area contributed by atoms with Crippen molar-refractivity contribution >= 4 is 33.3 Å². The minimum absolute atomic E-state index is 0.178. The van der Waals surface area contributed by atoms with E-state index in [1.165, 1.54) is 16.9 Å². The third-order valence-electron chi connectivity index (χ3n) is 4.48. The Morgan fingerprint density at radius 3 is 2.59 bits per heavy atom. The maximum absolute atomic E-state index is 12.6. The van der Waals surface area contributed by atoms with Gasteiger partial charge in [0.15, 0.2) is 5.13 Å². The quantitative estimate of drug-likeness (QED) is 0.515. The van der Waals surface area contributed by atoms with E-state index in [2.05, 4.69) is 46.5 Å². The van der Waals surface area contributed by atoms with Gasteiger partial charge in [0.2, 0.25) is 0 Å². The number of hydrogen-bond acceptors (Lipinski definition) is 4. The van der Waals surface area contributed by atoms with Gasteiger partial charge in [-0.25, -0.2) is 4.98 Å². The number of thiazole rings is 1. The Hall–Kier alpha value is -3.05. The molecule has 134 valence electrons. The summed E-state index contributed by atoms with van der Waals surface area (Å²) in [4.78, 5) is 21.6. The summed E-state index contributed by atoms with van der Waals surface area (Å²) in [6.07, 6.45) is 1.01. The Balaban J connectivity index is 1.53. The Labute approximate surface area is 161 Å². The van der Waals surface area contributed by atoms with Gasteiger partial charge in [-0.1, -0.05) is 43.3 Å². The highest BCUT2D eigenvalue weighted by Gasteiger charge is 2.11. The number of carbonyl (C=O) groups is 1. The van der Waals surface area contributed by atoms with Crippen LogP contribution in [0.3, 0.4) is 0 Å². The number of anilines is 1. The van der Waals surface area contributed by atoms with Gasteiger partial charge in [-0.15, -0.1) is 11.3 Å². The number of pyridine rings is 1. The largest absolute Gasteiger partial charge is 0.298 e. The second-order valence-electron chi connectivity index (χ2n) is 6.40. The highest BCUT2D eigenvalue weighted by molar-refractivity contribution is 7.14. The standard InChI is InChI=1S/C22H19N3OS/c1-3-15-5-8-17(9-6-15)20-13-27-22(24-20)25-21(26)18-11-10-16-7-4-14(2)23-19(16)12-18/h4-13H,3H2,1-2H3,(H,24,25,26). The highest BCUT2D eigenvalue weighted by Crippen LogP contribution is 2.26. The molecule has 0 bridgehead atoms. The Morgan fingerprint density at radius 2 is 1.81 bits per heavy atom. The molecule has 0 saturated carbocycles. The number of carbonyl (C=O) groups excluding carboxylic acids is 1. The number of nitrogens with zero attached hydrogens (tertiary/aromatic N) is 2. The van der Waals surface area contributed by atoms with Crippen molar-refractivity contribution in [2.24, 2.45) is 0 Å². The van der Waals surface area contributed by atoms with Crippen molar-refractivity contribution in [2.75, 3.05) is 5.32 Å². The van der Waals surface area contributed by atoms with Gasteiger partial charge >= 0.3 is 0 Å². The maximum atomic E-state index is 12.6. The van der Waals surface area contributed by atoms with Crippen LogP contribution in [0.1, 0.15) is 28.5 Å². The lowest BCUT2D eigenvalue weighted by atomic mass is 10.1. The molecule has 0 aliphatic carbocycles. The molecule has 4 aromatic rings. The maximum Gasteiger partial charge on any atom is 0.257 e. The lowest BCUT2D eigenvalue weighted by molar-refractivity contribution is 0.102. The van der Waals surface area contributed by atoms with Crippen LogP contribution >= 0.6 is 11.3 Å². The highest BCUT2D eigenvalue weighted by atomic mass is 32.1. The normalized spacial score (nSPS) is 10.9. The van der Waals surface area contributed by atoms with Crippen molar-refractivity contribution in [3.8, 4) is 11.3 Å². The molecular weight excluding hydrogens is 354 g/mol. The van der Waals surface area contributed by atoms with E-state index in [9.17, 15) is 4.79 Å². The first-order chi connectivity index (χ1) is 13.1. The average molecular weight is 373 g/mol. The van der Waals surface area contributed by atoms with Crippen LogP contribution in [0.2, 0.25) is 0 Å². The monoisotopic (exact) mass is 373 g/mol. The minimum atomic E-state index is -0.178. The second-order valence-corrected chi connectivity index (χ2v) is 7.26. The molecule has 0 fully saturated rings. The molecule has 5 heteroatoms. The first-order valence-electron chi connectivity index (χ1n) is 8.86. The van der Waals surface area contributed by atoms with Crippen molar-refractivity contribution in [1.29, 1.82) is 0 Å². The second kappa shape index (κ2) is 7.29. The third-order valence-corrected chi connectivity index (χ3v) is 5.23. The van der Waals surface area contributed by atoms with Crippen LogP contribution in [0.5, 0.6) is 0 Å². The summed E-state index contributed by atoms with van der Waals surface area (Å²) in [5, 5.41) is 6.46. The summed E-state index contributed by atoms with van der Waals surface area (Å²) in [5.74, 6) is -0.178. The first kappa shape index (κ1) is 17.4. The molecule has 4 nitrogen and oxygen atoms in total. The molecule has 2 heterocycles. The SMILES string of the molecule is CCc1ccc(-c2csc(NC(=O)c3ccc4ccc(C)nc4c3)n2)cc1. The van der Waals surface area contributed by atoms with E-state index in [1.807, 2.05) is 42.6 Å². The van der Waals surface area contributed by atoms with E-state index in [1.54, 1.807) is 0 Å². The van der Waals surface area contributed by atoms with Crippen molar-refractivity contribution < 1.29 is 4.79 Å². The zero-order chi connectivity index (χ0) is 18.8. The molecule has 4 rings (SSSR count). The van der Waals surface area contributed by atoms with Crippen LogP contribution in [0.25, 0.3) is 22.2 Å². The molecule has 27 heavy (non-hydrogen) atoms. The number of aryl methyl sites for hydroxylation is 2. The van der Waals surface area contributed by atoms with E-state index in [4.69, 9.17) is 0 Å². The molecule has 0 spiro atoms. The van der Waals surface area contributed by atoms with E-state index in [0.717, 1.165) is 34.3 Å². The van der Waals surface area contributed by atoms with Crippen LogP contribution in [0.4, 0.5) is 5.13 Å². The number of amides is 1. The van der Waals surface area contributed by atoms with Crippen LogP contribution < -0.4 is 5.32 Å². The molecule has 2 aromatic carbocycles. The molecule has 1 N–H and O–H groups in total. The molecule has 0 aliphatic rings. The first-order valence-corrected chi connectivity index (χ1v) is 9.74. The summed E-state index contributed by atoms with van der Waals surface area (Å²) in [6.45, 7) is 4.07. The number of hydrogen-bond donors (Lipinski definition) is 1. The molecule has 0 saturated heterocycles. The average Bonchev–Trinajstić information content (AvgIpc) is 3.16. The fourth-order valence-electron chi connectivity index (χ4n) is 2.90. The fourth-order valence-corrected chi connectivity index (χ4v) is 3.62. The Bertz CT molecular complexity index is 1120. The van der Waals surface area contributed by atoms with Gasteiger partial charge in [-0.3, -0.25) is 15.1 Å². The van der Waals surface area contributed by atoms with Crippen molar-refractivity contribution in [3.63, 3.8) is 0 Å². The lowest BCUT2D eigenvalue weighted by Gasteiger charge is -2.04. The van der Waals surface area contributed by atoms with Crippen LogP contribution in [0.15, 0.2) is 60.0 Å². The number of benzene rings is 2. The van der Waals surface area contributed by atoms with Crippen molar-refractivity contribution in [1.82, 2.24) is 9.97 Å². The van der Waals surface area contributed by atoms with Gasteiger partial charge < -0.3 is 0 Å². The van der Waals surface area contributed by atoms with E-state index < -0.39 is 0 Å². The van der Waals surface area contributed by atoms with E-state index in [0.29, 0.717) is 10.7 Å². The number of nitrogens with one attached hydrogen (secondary N) is 1. The summed E-state index contributed by atoms with van der Waals surface area (Å²) >= 11 is 1.42. The molecular formula is C22H19N3OS. The van der Waals surface area contributed by atoms with Gasteiger partial charge in [-0.05, 0) is 37.1 Å². The third kappa shape index (κ3) is 3.73. The number of rotatable bonds is 4.